The summed E-state index contributed by atoms with van der Waals surface area (Å²) < 4.78 is 7.17. The van der Waals surface area contributed by atoms with Gasteiger partial charge in [0, 0.05) is 27.1 Å². The first-order valence-corrected chi connectivity index (χ1v) is 8.56. The van der Waals surface area contributed by atoms with Crippen LogP contribution in [0.4, 0.5) is 5.69 Å². The molecule has 2 nitrogen and oxygen atoms in total. The maximum atomic E-state index is 6.07. The summed E-state index contributed by atoms with van der Waals surface area (Å²) in [5.41, 5.74) is 5.30. The number of anilines is 1. The fourth-order valence-corrected chi connectivity index (χ4v) is 4.25. The summed E-state index contributed by atoms with van der Waals surface area (Å²) in [6.07, 6.45) is 0. The molecule has 0 fully saturated rings. The lowest BCUT2D eigenvalue weighted by Crippen LogP contribution is -2.46. The molecule has 3 heteroatoms. The average molecular weight is 358 g/mol. The Morgan fingerprint density at radius 3 is 2.82 bits per heavy atom. The van der Waals surface area contributed by atoms with Gasteiger partial charge in [-0.05, 0) is 36.8 Å². The quantitative estimate of drug-likeness (QED) is 0.698. The minimum Gasteiger partial charge on any atom is -0.493 e. The Morgan fingerprint density at radius 1 is 1.18 bits per heavy atom. The second-order valence-electron chi connectivity index (χ2n) is 6.99. The van der Waals surface area contributed by atoms with E-state index in [-0.39, 0.29) is 5.41 Å². The van der Waals surface area contributed by atoms with Gasteiger partial charge in [0.05, 0.1) is 12.6 Å². The summed E-state index contributed by atoms with van der Waals surface area (Å²) in [6, 6.07) is 13.3. The predicted octanol–water partition coefficient (Wildman–Crippen LogP) is 5.21. The van der Waals surface area contributed by atoms with Crippen molar-refractivity contribution < 1.29 is 4.74 Å². The van der Waals surface area contributed by atoms with Crippen molar-refractivity contribution in [2.45, 2.75) is 32.2 Å². The van der Waals surface area contributed by atoms with Crippen LogP contribution in [0, 0.1) is 12.8 Å². The van der Waals surface area contributed by atoms with Crippen LogP contribution in [0.15, 0.2) is 40.9 Å². The lowest BCUT2D eigenvalue weighted by molar-refractivity contribution is 0.135. The van der Waals surface area contributed by atoms with Crippen molar-refractivity contribution in [3.63, 3.8) is 0 Å². The van der Waals surface area contributed by atoms with Crippen LogP contribution in [0.2, 0.25) is 0 Å². The lowest BCUT2D eigenvalue weighted by Gasteiger charge is -2.48. The fraction of sp³-hybridized carbons (Fsp3) is 0.368. The summed E-state index contributed by atoms with van der Waals surface area (Å²) in [5, 5.41) is 3.76. The number of ether oxygens (including phenoxy) is 1. The van der Waals surface area contributed by atoms with Crippen LogP contribution >= 0.6 is 15.9 Å². The molecule has 2 aromatic rings. The van der Waals surface area contributed by atoms with E-state index in [0.717, 1.165) is 16.8 Å². The molecule has 0 bridgehead atoms. The third-order valence-electron chi connectivity index (χ3n) is 5.23. The zero-order valence-electron chi connectivity index (χ0n) is 13.1. The summed E-state index contributed by atoms with van der Waals surface area (Å²) in [4.78, 5) is 0. The van der Waals surface area contributed by atoms with Crippen LogP contribution in [-0.2, 0) is 5.41 Å². The van der Waals surface area contributed by atoms with Crippen LogP contribution < -0.4 is 10.1 Å². The average Bonchev–Trinajstić information content (AvgIpc) is 2.48. The number of nitrogens with one attached hydrogen (secondary N) is 1. The van der Waals surface area contributed by atoms with Gasteiger partial charge < -0.3 is 10.1 Å². The van der Waals surface area contributed by atoms with Crippen LogP contribution in [0.3, 0.4) is 0 Å². The van der Waals surface area contributed by atoms with Gasteiger partial charge in [-0.2, -0.15) is 0 Å². The largest absolute Gasteiger partial charge is 0.493 e. The van der Waals surface area contributed by atoms with Gasteiger partial charge in [0.15, 0.2) is 0 Å². The molecule has 1 N–H and O–H groups in total. The highest BCUT2D eigenvalue weighted by molar-refractivity contribution is 9.10. The molecule has 0 amide bonds. The highest BCUT2D eigenvalue weighted by Crippen LogP contribution is 2.52. The minimum absolute atomic E-state index is 0.0806. The third-order valence-corrected chi connectivity index (χ3v) is 5.73. The second kappa shape index (κ2) is 4.76. The zero-order chi connectivity index (χ0) is 15.5. The molecule has 114 valence electrons. The molecule has 0 saturated carbocycles. The predicted molar refractivity (Wildman–Crippen MR) is 93.7 cm³/mol. The summed E-state index contributed by atoms with van der Waals surface area (Å²) >= 11 is 3.59. The van der Waals surface area contributed by atoms with Crippen LogP contribution in [0.1, 0.15) is 36.6 Å². The molecule has 0 aromatic heterocycles. The van der Waals surface area contributed by atoms with Crippen molar-refractivity contribution in [3.05, 3.63) is 57.6 Å². The normalized spacial score (nSPS) is 24.4. The van der Waals surface area contributed by atoms with E-state index in [1.807, 2.05) is 6.07 Å². The molecule has 0 unspecified atom stereocenters. The highest BCUT2D eigenvalue weighted by atomic mass is 79.9. The smallest absolute Gasteiger partial charge is 0.124 e. The molecule has 22 heavy (non-hydrogen) atoms. The topological polar surface area (TPSA) is 21.3 Å². The van der Waals surface area contributed by atoms with Crippen molar-refractivity contribution >= 4 is 21.6 Å². The van der Waals surface area contributed by atoms with Gasteiger partial charge in [0.1, 0.15) is 5.75 Å². The number of halogens is 1. The molecular weight excluding hydrogens is 338 g/mol. The summed E-state index contributed by atoms with van der Waals surface area (Å²) in [5.74, 6) is 1.42. The van der Waals surface area contributed by atoms with Gasteiger partial charge in [0.2, 0.25) is 0 Å². The number of fused-ring (bicyclic) bond motifs is 4. The first-order valence-electron chi connectivity index (χ1n) is 7.77. The molecule has 2 atom stereocenters. The molecule has 2 aromatic carbocycles. The van der Waals surface area contributed by atoms with E-state index < -0.39 is 0 Å². The van der Waals surface area contributed by atoms with Crippen molar-refractivity contribution in [1.29, 1.82) is 0 Å². The molecule has 0 radical (unpaired) electrons. The standard InChI is InChI=1S/C19H20BrNO/c1-11-4-6-16-14(8-11)19(2,3)15-10-22-17-7-5-12(20)9-13(17)18(15)21-16/h4-9,15,18,21H,10H2,1-3H3/t15-,18-/m1/s1. The molecule has 0 spiro atoms. The molecule has 0 aliphatic carbocycles. The molecule has 2 heterocycles. The second-order valence-corrected chi connectivity index (χ2v) is 7.91. The SMILES string of the molecule is Cc1ccc2c(c1)C(C)(C)[C@@H]1COc3ccc(Br)cc3[C@H]1N2. The Bertz CT molecular complexity index is 753. The van der Waals surface area contributed by atoms with Gasteiger partial charge in [-0.3, -0.25) is 0 Å². The highest BCUT2D eigenvalue weighted by Gasteiger charge is 2.46. The van der Waals surface area contributed by atoms with E-state index in [2.05, 4.69) is 72.3 Å². The summed E-state index contributed by atoms with van der Waals surface area (Å²) in [7, 11) is 0. The molecule has 4 rings (SSSR count). The van der Waals surface area contributed by atoms with Gasteiger partial charge >= 0.3 is 0 Å². The number of aryl methyl sites for hydroxylation is 1. The number of hydrogen-bond donors (Lipinski definition) is 1. The lowest BCUT2D eigenvalue weighted by atomic mass is 9.65. The van der Waals surface area contributed by atoms with E-state index in [0.29, 0.717) is 12.0 Å². The Hall–Kier alpha value is -1.48. The molecule has 2 aliphatic heterocycles. The van der Waals surface area contributed by atoms with E-state index in [1.165, 1.54) is 22.4 Å². The Morgan fingerprint density at radius 2 is 2.00 bits per heavy atom. The Kier molecular flexibility index (Phi) is 3.06. The zero-order valence-corrected chi connectivity index (χ0v) is 14.7. The fourth-order valence-electron chi connectivity index (χ4n) is 3.87. The number of rotatable bonds is 0. The van der Waals surface area contributed by atoms with E-state index >= 15 is 0 Å². The third kappa shape index (κ3) is 1.98. The summed E-state index contributed by atoms with van der Waals surface area (Å²) in [6.45, 7) is 7.60. The van der Waals surface area contributed by atoms with Crippen LogP contribution in [0.25, 0.3) is 0 Å². The number of hydrogen-bond acceptors (Lipinski definition) is 2. The van der Waals surface area contributed by atoms with E-state index in [9.17, 15) is 0 Å². The first-order chi connectivity index (χ1) is 10.5. The molecule has 2 aliphatic rings. The van der Waals surface area contributed by atoms with Crippen LogP contribution in [0.5, 0.6) is 5.75 Å². The van der Waals surface area contributed by atoms with Gasteiger partial charge in [-0.25, -0.2) is 0 Å². The molecular formula is C19H20BrNO. The van der Waals surface area contributed by atoms with E-state index in [4.69, 9.17) is 4.74 Å². The molecule has 0 saturated heterocycles. The minimum atomic E-state index is 0.0806. The van der Waals surface area contributed by atoms with Crippen molar-refractivity contribution in [2.24, 2.45) is 5.92 Å². The Balaban J connectivity index is 1.88. The van der Waals surface area contributed by atoms with Crippen LogP contribution in [-0.4, -0.2) is 6.61 Å². The van der Waals surface area contributed by atoms with Crippen molar-refractivity contribution in [3.8, 4) is 5.75 Å². The number of benzene rings is 2. The van der Waals surface area contributed by atoms with Crippen molar-refractivity contribution in [2.75, 3.05) is 11.9 Å². The van der Waals surface area contributed by atoms with Gasteiger partial charge in [-0.1, -0.05) is 47.5 Å². The maximum Gasteiger partial charge on any atom is 0.124 e. The Labute approximate surface area is 140 Å². The monoisotopic (exact) mass is 357 g/mol. The first kappa shape index (κ1) is 14.1. The van der Waals surface area contributed by atoms with Gasteiger partial charge in [-0.15, -0.1) is 0 Å². The van der Waals surface area contributed by atoms with Gasteiger partial charge in [0.25, 0.3) is 0 Å². The van der Waals surface area contributed by atoms with Crippen molar-refractivity contribution in [1.82, 2.24) is 0 Å². The maximum absolute atomic E-state index is 6.07. The van der Waals surface area contributed by atoms with E-state index in [1.54, 1.807) is 0 Å².